The normalized spacial score (nSPS) is 11.8. The van der Waals surface area contributed by atoms with Crippen LogP contribution in [0.15, 0.2) is 53.0 Å². The molecule has 2 aromatic carbocycles. The minimum atomic E-state index is -0.142. The molecule has 1 atom stereocenters. The number of hydrogen-bond donors (Lipinski definition) is 1. The van der Waals surface area contributed by atoms with E-state index in [9.17, 15) is 4.79 Å². The van der Waals surface area contributed by atoms with Crippen LogP contribution in [0.2, 0.25) is 0 Å². The Morgan fingerprint density at radius 2 is 1.95 bits per heavy atom. The van der Waals surface area contributed by atoms with Crippen LogP contribution in [0.25, 0.3) is 0 Å². The fourth-order valence-corrected chi connectivity index (χ4v) is 2.42. The number of rotatable bonds is 5. The van der Waals surface area contributed by atoms with E-state index in [1.54, 1.807) is 12.1 Å². The third-order valence-corrected chi connectivity index (χ3v) is 3.63. The van der Waals surface area contributed by atoms with E-state index in [4.69, 9.17) is 4.74 Å². The highest BCUT2D eigenvalue weighted by molar-refractivity contribution is 9.10. The molecule has 0 radical (unpaired) electrons. The Labute approximate surface area is 133 Å². The van der Waals surface area contributed by atoms with Gasteiger partial charge in [0.1, 0.15) is 5.75 Å². The lowest BCUT2D eigenvalue weighted by atomic mass is 10.1. The molecule has 0 aliphatic carbocycles. The predicted molar refractivity (Wildman–Crippen MR) is 87.6 cm³/mol. The van der Waals surface area contributed by atoms with Gasteiger partial charge in [0.15, 0.2) is 0 Å². The summed E-state index contributed by atoms with van der Waals surface area (Å²) in [4.78, 5) is 12.5. The van der Waals surface area contributed by atoms with E-state index < -0.39 is 0 Å². The summed E-state index contributed by atoms with van der Waals surface area (Å²) in [5.74, 6) is 0.453. The molecule has 1 amide bonds. The first-order valence-electron chi connectivity index (χ1n) is 6.90. The van der Waals surface area contributed by atoms with Crippen LogP contribution in [-0.4, -0.2) is 12.5 Å². The second-order valence-corrected chi connectivity index (χ2v) is 5.60. The van der Waals surface area contributed by atoms with E-state index >= 15 is 0 Å². The summed E-state index contributed by atoms with van der Waals surface area (Å²) in [6.45, 7) is 4.39. The fraction of sp³-hybridized carbons (Fsp3) is 0.235. The standard InChI is InChI=1S/C17H18BrNO2/c1-3-21-16-10-9-14(18)11-15(16)17(20)19-12(2)13-7-5-4-6-8-13/h4-12H,3H2,1-2H3,(H,19,20). The minimum Gasteiger partial charge on any atom is -0.493 e. The van der Waals surface area contributed by atoms with Crippen molar-refractivity contribution in [3.05, 3.63) is 64.1 Å². The van der Waals surface area contributed by atoms with E-state index in [0.717, 1.165) is 10.0 Å². The number of hydrogen-bond acceptors (Lipinski definition) is 2. The van der Waals surface area contributed by atoms with Gasteiger partial charge in [-0.1, -0.05) is 46.3 Å². The van der Waals surface area contributed by atoms with Crippen molar-refractivity contribution >= 4 is 21.8 Å². The lowest BCUT2D eigenvalue weighted by Crippen LogP contribution is -2.27. The van der Waals surface area contributed by atoms with Crippen molar-refractivity contribution in [2.75, 3.05) is 6.61 Å². The molecule has 1 N–H and O–H groups in total. The van der Waals surface area contributed by atoms with Crippen LogP contribution in [-0.2, 0) is 0 Å². The van der Waals surface area contributed by atoms with E-state index in [-0.39, 0.29) is 11.9 Å². The Bertz CT molecular complexity index is 613. The molecule has 0 aromatic heterocycles. The molecule has 4 heteroatoms. The van der Waals surface area contributed by atoms with Crippen LogP contribution in [0.3, 0.4) is 0 Å². The fourth-order valence-electron chi connectivity index (χ4n) is 2.06. The number of nitrogens with one attached hydrogen (secondary N) is 1. The molecule has 21 heavy (non-hydrogen) atoms. The zero-order chi connectivity index (χ0) is 15.2. The largest absolute Gasteiger partial charge is 0.493 e. The Balaban J connectivity index is 2.18. The summed E-state index contributed by atoms with van der Waals surface area (Å²) in [6.07, 6.45) is 0. The number of carbonyl (C=O) groups is 1. The SMILES string of the molecule is CCOc1ccc(Br)cc1C(=O)NC(C)c1ccccc1. The summed E-state index contributed by atoms with van der Waals surface area (Å²) in [5.41, 5.74) is 1.60. The van der Waals surface area contributed by atoms with Gasteiger partial charge in [0.25, 0.3) is 5.91 Å². The summed E-state index contributed by atoms with van der Waals surface area (Å²) < 4.78 is 6.37. The van der Waals surface area contributed by atoms with Gasteiger partial charge >= 0.3 is 0 Å². The maximum atomic E-state index is 12.5. The Morgan fingerprint density at radius 3 is 2.62 bits per heavy atom. The maximum Gasteiger partial charge on any atom is 0.255 e. The number of ether oxygens (including phenoxy) is 1. The molecule has 1 unspecified atom stereocenters. The van der Waals surface area contributed by atoms with Gasteiger partial charge in [0.05, 0.1) is 18.2 Å². The summed E-state index contributed by atoms with van der Waals surface area (Å²) in [6, 6.07) is 15.2. The zero-order valence-electron chi connectivity index (χ0n) is 12.1. The second kappa shape index (κ2) is 7.27. The maximum absolute atomic E-state index is 12.5. The smallest absolute Gasteiger partial charge is 0.255 e. The third-order valence-electron chi connectivity index (χ3n) is 3.13. The number of benzene rings is 2. The first-order chi connectivity index (χ1) is 10.1. The highest BCUT2D eigenvalue weighted by Crippen LogP contribution is 2.24. The van der Waals surface area contributed by atoms with Gasteiger partial charge in [-0.2, -0.15) is 0 Å². The quantitative estimate of drug-likeness (QED) is 0.873. The molecular formula is C17H18BrNO2. The van der Waals surface area contributed by atoms with Gasteiger partial charge in [0, 0.05) is 4.47 Å². The van der Waals surface area contributed by atoms with Crippen molar-refractivity contribution < 1.29 is 9.53 Å². The van der Waals surface area contributed by atoms with Crippen LogP contribution in [0.4, 0.5) is 0 Å². The van der Waals surface area contributed by atoms with Crippen LogP contribution >= 0.6 is 15.9 Å². The summed E-state index contributed by atoms with van der Waals surface area (Å²) in [7, 11) is 0. The van der Waals surface area contributed by atoms with Crippen molar-refractivity contribution in [2.45, 2.75) is 19.9 Å². The average Bonchev–Trinajstić information content (AvgIpc) is 2.50. The number of halogens is 1. The molecule has 110 valence electrons. The lowest BCUT2D eigenvalue weighted by molar-refractivity contribution is 0.0936. The van der Waals surface area contributed by atoms with E-state index in [1.165, 1.54) is 0 Å². The van der Waals surface area contributed by atoms with Gasteiger partial charge in [-0.3, -0.25) is 4.79 Å². The van der Waals surface area contributed by atoms with E-state index in [1.807, 2.05) is 50.2 Å². The average molecular weight is 348 g/mol. The van der Waals surface area contributed by atoms with Gasteiger partial charge in [0.2, 0.25) is 0 Å². The molecule has 3 nitrogen and oxygen atoms in total. The van der Waals surface area contributed by atoms with Gasteiger partial charge in [-0.05, 0) is 37.6 Å². The molecule has 0 spiro atoms. The summed E-state index contributed by atoms with van der Waals surface area (Å²) >= 11 is 3.39. The Hall–Kier alpha value is -1.81. The van der Waals surface area contributed by atoms with Crippen LogP contribution in [0.5, 0.6) is 5.75 Å². The van der Waals surface area contributed by atoms with E-state index in [0.29, 0.717) is 17.9 Å². The molecule has 0 heterocycles. The molecule has 0 aliphatic rings. The van der Waals surface area contributed by atoms with Crippen molar-refractivity contribution in [2.24, 2.45) is 0 Å². The molecule has 0 saturated heterocycles. The second-order valence-electron chi connectivity index (χ2n) is 4.68. The molecule has 2 rings (SSSR count). The molecular weight excluding hydrogens is 330 g/mol. The third kappa shape index (κ3) is 4.08. The predicted octanol–water partition coefficient (Wildman–Crippen LogP) is 4.34. The zero-order valence-corrected chi connectivity index (χ0v) is 13.7. The highest BCUT2D eigenvalue weighted by Gasteiger charge is 2.16. The van der Waals surface area contributed by atoms with Crippen molar-refractivity contribution in [1.82, 2.24) is 5.32 Å². The number of amides is 1. The Morgan fingerprint density at radius 1 is 1.24 bits per heavy atom. The van der Waals surface area contributed by atoms with Gasteiger partial charge < -0.3 is 10.1 Å². The minimum absolute atomic E-state index is 0.0628. The van der Waals surface area contributed by atoms with Crippen LogP contribution in [0.1, 0.15) is 35.8 Å². The Kier molecular flexibility index (Phi) is 5.39. The molecule has 0 bridgehead atoms. The first kappa shape index (κ1) is 15.6. The van der Waals surface area contributed by atoms with Crippen LogP contribution in [0, 0.1) is 0 Å². The van der Waals surface area contributed by atoms with Crippen molar-refractivity contribution in [3.63, 3.8) is 0 Å². The van der Waals surface area contributed by atoms with Crippen molar-refractivity contribution in [3.8, 4) is 5.75 Å². The van der Waals surface area contributed by atoms with Gasteiger partial charge in [-0.15, -0.1) is 0 Å². The van der Waals surface area contributed by atoms with Crippen molar-refractivity contribution in [1.29, 1.82) is 0 Å². The topological polar surface area (TPSA) is 38.3 Å². The molecule has 2 aromatic rings. The molecule has 0 aliphatic heterocycles. The first-order valence-corrected chi connectivity index (χ1v) is 7.69. The lowest BCUT2D eigenvalue weighted by Gasteiger charge is -2.16. The molecule has 0 saturated carbocycles. The number of carbonyl (C=O) groups excluding carboxylic acids is 1. The monoisotopic (exact) mass is 347 g/mol. The summed E-state index contributed by atoms with van der Waals surface area (Å²) in [5, 5.41) is 3.00. The van der Waals surface area contributed by atoms with E-state index in [2.05, 4.69) is 21.2 Å². The highest BCUT2D eigenvalue weighted by atomic mass is 79.9. The van der Waals surface area contributed by atoms with Gasteiger partial charge in [-0.25, -0.2) is 0 Å². The van der Waals surface area contributed by atoms with Crippen LogP contribution < -0.4 is 10.1 Å². The molecule has 0 fully saturated rings.